The Morgan fingerprint density at radius 3 is 2.52 bits per heavy atom. The summed E-state index contributed by atoms with van der Waals surface area (Å²) in [5.41, 5.74) is 2.08. The Kier molecular flexibility index (Phi) is 5.28. The van der Waals surface area contributed by atoms with Crippen LogP contribution in [0.5, 0.6) is 0 Å². The topological polar surface area (TPSA) is 40.6 Å². The van der Waals surface area contributed by atoms with Gasteiger partial charge in [-0.2, -0.15) is 0 Å². The quantitative estimate of drug-likeness (QED) is 0.857. The number of carbonyl (C=O) groups excluding carboxylic acids is 2. The number of benzene rings is 1. The second-order valence-electron chi connectivity index (χ2n) is 5.24. The standard InChI is InChI=1S/C16H22N2O2S/c1-4-21-13(3)16(20)17-9-10-18(15(19)11-17)14-7-5-12(2)6-8-14/h5-8,13H,4,9-11H2,1-3H3/t13-/m0/s1. The van der Waals surface area contributed by atoms with Crippen LogP contribution in [0.25, 0.3) is 0 Å². The van der Waals surface area contributed by atoms with Crippen molar-refractivity contribution in [3.63, 3.8) is 0 Å². The summed E-state index contributed by atoms with van der Waals surface area (Å²) in [5, 5.41) is -0.0753. The van der Waals surface area contributed by atoms with Gasteiger partial charge >= 0.3 is 0 Å². The van der Waals surface area contributed by atoms with Gasteiger partial charge in [-0.05, 0) is 31.7 Å². The molecular weight excluding hydrogens is 284 g/mol. The van der Waals surface area contributed by atoms with Gasteiger partial charge in [0.1, 0.15) is 6.54 Å². The summed E-state index contributed by atoms with van der Waals surface area (Å²) in [7, 11) is 0. The predicted molar refractivity (Wildman–Crippen MR) is 87.7 cm³/mol. The summed E-state index contributed by atoms with van der Waals surface area (Å²) in [6, 6.07) is 7.92. The zero-order valence-corrected chi connectivity index (χ0v) is 13.7. The normalized spacial score (nSPS) is 17.0. The fourth-order valence-electron chi connectivity index (χ4n) is 2.44. The molecule has 4 nitrogen and oxygen atoms in total. The molecule has 1 atom stereocenters. The molecular formula is C16H22N2O2S. The van der Waals surface area contributed by atoms with Gasteiger partial charge < -0.3 is 9.80 Å². The number of carbonyl (C=O) groups is 2. The Morgan fingerprint density at radius 2 is 1.95 bits per heavy atom. The van der Waals surface area contributed by atoms with Crippen LogP contribution in [-0.4, -0.2) is 47.4 Å². The number of nitrogens with zero attached hydrogens (tertiary/aromatic N) is 2. The first-order valence-corrected chi connectivity index (χ1v) is 8.35. The van der Waals surface area contributed by atoms with E-state index in [9.17, 15) is 9.59 Å². The van der Waals surface area contributed by atoms with Gasteiger partial charge in [0.15, 0.2) is 0 Å². The van der Waals surface area contributed by atoms with Gasteiger partial charge in [0.05, 0.1) is 5.25 Å². The molecule has 1 saturated heterocycles. The lowest BCUT2D eigenvalue weighted by atomic mass is 10.2. The average molecular weight is 306 g/mol. The average Bonchev–Trinajstić information content (AvgIpc) is 2.48. The summed E-state index contributed by atoms with van der Waals surface area (Å²) in [5.74, 6) is 0.968. The molecule has 1 aromatic carbocycles. The van der Waals surface area contributed by atoms with Gasteiger partial charge in [-0.1, -0.05) is 24.6 Å². The van der Waals surface area contributed by atoms with Crippen molar-refractivity contribution in [1.82, 2.24) is 4.90 Å². The van der Waals surface area contributed by atoms with Crippen molar-refractivity contribution in [2.45, 2.75) is 26.0 Å². The summed E-state index contributed by atoms with van der Waals surface area (Å²) in [6.07, 6.45) is 0. The van der Waals surface area contributed by atoms with Gasteiger partial charge in [0.25, 0.3) is 0 Å². The number of thioether (sulfide) groups is 1. The first-order chi connectivity index (χ1) is 10.0. The minimum Gasteiger partial charge on any atom is -0.331 e. The van der Waals surface area contributed by atoms with Crippen molar-refractivity contribution in [2.24, 2.45) is 0 Å². The van der Waals surface area contributed by atoms with Gasteiger partial charge in [0.2, 0.25) is 11.8 Å². The van der Waals surface area contributed by atoms with E-state index in [2.05, 4.69) is 0 Å². The number of aryl methyl sites for hydroxylation is 1. The van der Waals surface area contributed by atoms with Crippen LogP contribution in [0.1, 0.15) is 19.4 Å². The first-order valence-electron chi connectivity index (χ1n) is 7.30. The van der Waals surface area contributed by atoms with Crippen LogP contribution in [0, 0.1) is 6.92 Å². The van der Waals surface area contributed by atoms with E-state index in [0.29, 0.717) is 13.1 Å². The first kappa shape index (κ1) is 15.9. The highest BCUT2D eigenvalue weighted by Gasteiger charge is 2.30. The number of piperazine rings is 1. The van der Waals surface area contributed by atoms with E-state index in [4.69, 9.17) is 0 Å². The number of rotatable bonds is 4. The molecule has 0 unspecified atom stereocenters. The van der Waals surface area contributed by atoms with Crippen LogP contribution in [0.15, 0.2) is 24.3 Å². The van der Waals surface area contributed by atoms with Crippen molar-refractivity contribution in [1.29, 1.82) is 0 Å². The molecule has 1 aromatic rings. The Morgan fingerprint density at radius 1 is 1.29 bits per heavy atom. The van der Waals surface area contributed by atoms with Crippen LogP contribution < -0.4 is 4.90 Å². The zero-order chi connectivity index (χ0) is 15.4. The third-order valence-electron chi connectivity index (χ3n) is 3.64. The maximum absolute atomic E-state index is 12.3. The summed E-state index contributed by atoms with van der Waals surface area (Å²) >= 11 is 1.62. The van der Waals surface area contributed by atoms with Crippen LogP contribution >= 0.6 is 11.8 Å². The molecule has 5 heteroatoms. The molecule has 1 aliphatic rings. The zero-order valence-electron chi connectivity index (χ0n) is 12.8. The Balaban J connectivity index is 2.00. The molecule has 114 valence electrons. The molecule has 0 aliphatic carbocycles. The molecule has 2 rings (SSSR count). The Hall–Kier alpha value is -1.49. The molecule has 1 fully saturated rings. The number of hydrogen-bond acceptors (Lipinski definition) is 3. The van der Waals surface area contributed by atoms with Crippen LogP contribution in [0.2, 0.25) is 0 Å². The van der Waals surface area contributed by atoms with Crippen molar-refractivity contribution in [3.05, 3.63) is 29.8 Å². The Bertz CT molecular complexity index is 516. The second-order valence-corrected chi connectivity index (χ2v) is 6.86. The third-order valence-corrected chi connectivity index (χ3v) is 4.68. The van der Waals surface area contributed by atoms with E-state index in [0.717, 1.165) is 11.4 Å². The van der Waals surface area contributed by atoms with Crippen LogP contribution in [-0.2, 0) is 9.59 Å². The van der Waals surface area contributed by atoms with Gasteiger partial charge in [-0.15, -0.1) is 11.8 Å². The minimum absolute atomic E-state index is 0.00727. The SMILES string of the molecule is CCS[C@@H](C)C(=O)N1CCN(c2ccc(C)cc2)C(=O)C1. The van der Waals surface area contributed by atoms with E-state index in [-0.39, 0.29) is 23.6 Å². The molecule has 0 aromatic heterocycles. The fourth-order valence-corrected chi connectivity index (χ4v) is 3.23. The summed E-state index contributed by atoms with van der Waals surface area (Å²) in [4.78, 5) is 28.0. The smallest absolute Gasteiger partial charge is 0.246 e. The predicted octanol–water partition coefficient (Wildman–Crippen LogP) is 2.31. The molecule has 1 aliphatic heterocycles. The molecule has 21 heavy (non-hydrogen) atoms. The van der Waals surface area contributed by atoms with E-state index < -0.39 is 0 Å². The van der Waals surface area contributed by atoms with Crippen molar-refractivity contribution < 1.29 is 9.59 Å². The second kappa shape index (κ2) is 6.98. The molecule has 1 heterocycles. The van der Waals surface area contributed by atoms with Crippen LogP contribution in [0.3, 0.4) is 0 Å². The molecule has 2 amide bonds. The van der Waals surface area contributed by atoms with Crippen molar-refractivity contribution in [3.8, 4) is 0 Å². The van der Waals surface area contributed by atoms with Crippen molar-refractivity contribution >= 4 is 29.3 Å². The molecule has 0 saturated carbocycles. The highest BCUT2D eigenvalue weighted by Crippen LogP contribution is 2.20. The highest BCUT2D eigenvalue weighted by atomic mass is 32.2. The largest absolute Gasteiger partial charge is 0.331 e. The summed E-state index contributed by atoms with van der Waals surface area (Å²) < 4.78 is 0. The molecule has 0 bridgehead atoms. The minimum atomic E-state index is -0.0753. The number of anilines is 1. The van der Waals surface area contributed by atoms with E-state index in [1.54, 1.807) is 21.6 Å². The highest BCUT2D eigenvalue weighted by molar-refractivity contribution is 8.00. The Labute approximate surface area is 130 Å². The lowest BCUT2D eigenvalue weighted by Crippen LogP contribution is -2.54. The van der Waals surface area contributed by atoms with Gasteiger partial charge in [0, 0.05) is 18.8 Å². The van der Waals surface area contributed by atoms with E-state index in [1.807, 2.05) is 45.0 Å². The molecule has 0 radical (unpaired) electrons. The van der Waals surface area contributed by atoms with Crippen LogP contribution in [0.4, 0.5) is 5.69 Å². The maximum Gasteiger partial charge on any atom is 0.246 e. The van der Waals surface area contributed by atoms with E-state index >= 15 is 0 Å². The maximum atomic E-state index is 12.3. The van der Waals surface area contributed by atoms with Crippen molar-refractivity contribution in [2.75, 3.05) is 30.3 Å². The lowest BCUT2D eigenvalue weighted by molar-refractivity contribution is -0.136. The molecule has 0 spiro atoms. The number of amides is 2. The van der Waals surface area contributed by atoms with Gasteiger partial charge in [-0.3, -0.25) is 9.59 Å². The molecule has 0 N–H and O–H groups in total. The number of hydrogen-bond donors (Lipinski definition) is 0. The summed E-state index contributed by atoms with van der Waals surface area (Å²) in [6.45, 7) is 7.32. The fraction of sp³-hybridized carbons (Fsp3) is 0.500. The lowest BCUT2D eigenvalue weighted by Gasteiger charge is -2.35. The van der Waals surface area contributed by atoms with E-state index in [1.165, 1.54) is 5.56 Å². The monoisotopic (exact) mass is 306 g/mol. The van der Waals surface area contributed by atoms with Gasteiger partial charge in [-0.25, -0.2) is 0 Å². The third kappa shape index (κ3) is 3.79.